The largest absolute Gasteiger partial charge is 0.339 e. The Kier molecular flexibility index (Phi) is 5.48. The Morgan fingerprint density at radius 3 is 2.73 bits per heavy atom. The van der Waals surface area contributed by atoms with Gasteiger partial charge in [0.2, 0.25) is 5.89 Å². The molecule has 22 heavy (non-hydrogen) atoms. The maximum atomic E-state index is 6.39. The van der Waals surface area contributed by atoms with Crippen molar-refractivity contribution in [1.29, 1.82) is 0 Å². The standard InChI is InChI=1S/C16H20ClN3O.ClH/c1-16(18)9-3-2-4-13(16)15-19-14(20-21-15)10-11-5-7-12(17)8-6-11;/h5-8,13H,2-4,9-10,18H2,1H3;1H. The van der Waals surface area contributed by atoms with E-state index in [1.54, 1.807) is 0 Å². The van der Waals surface area contributed by atoms with E-state index in [0.29, 0.717) is 18.1 Å². The van der Waals surface area contributed by atoms with Crippen molar-refractivity contribution in [2.75, 3.05) is 0 Å². The lowest BCUT2D eigenvalue weighted by molar-refractivity contribution is 0.223. The molecule has 2 aromatic rings. The summed E-state index contributed by atoms with van der Waals surface area (Å²) in [6.07, 6.45) is 5.03. The van der Waals surface area contributed by atoms with Gasteiger partial charge in [-0.15, -0.1) is 12.4 Å². The van der Waals surface area contributed by atoms with Crippen LogP contribution >= 0.6 is 24.0 Å². The molecule has 1 fully saturated rings. The third-order valence-electron chi connectivity index (χ3n) is 4.31. The van der Waals surface area contributed by atoms with Crippen LogP contribution in [0, 0.1) is 0 Å². The van der Waals surface area contributed by atoms with Crippen LogP contribution in [0.3, 0.4) is 0 Å². The smallest absolute Gasteiger partial charge is 0.231 e. The van der Waals surface area contributed by atoms with Crippen LogP contribution in [0.2, 0.25) is 5.02 Å². The van der Waals surface area contributed by atoms with E-state index < -0.39 is 0 Å². The second-order valence-electron chi connectivity index (χ2n) is 6.16. The Morgan fingerprint density at radius 2 is 2.05 bits per heavy atom. The highest BCUT2D eigenvalue weighted by Crippen LogP contribution is 2.38. The van der Waals surface area contributed by atoms with Crippen LogP contribution in [0.1, 0.15) is 55.8 Å². The number of nitrogens with two attached hydrogens (primary N) is 1. The first-order valence-corrected chi connectivity index (χ1v) is 7.78. The van der Waals surface area contributed by atoms with Crippen molar-refractivity contribution < 1.29 is 4.52 Å². The van der Waals surface area contributed by atoms with E-state index in [0.717, 1.165) is 23.4 Å². The van der Waals surface area contributed by atoms with E-state index in [9.17, 15) is 0 Å². The van der Waals surface area contributed by atoms with Gasteiger partial charge in [0, 0.05) is 17.0 Å². The summed E-state index contributed by atoms with van der Waals surface area (Å²) in [4.78, 5) is 4.56. The first kappa shape index (κ1) is 17.3. The van der Waals surface area contributed by atoms with Gasteiger partial charge < -0.3 is 10.3 Å². The monoisotopic (exact) mass is 341 g/mol. The van der Waals surface area contributed by atoms with Crippen molar-refractivity contribution in [1.82, 2.24) is 10.1 Å². The van der Waals surface area contributed by atoms with Crippen LogP contribution in [-0.4, -0.2) is 15.7 Å². The lowest BCUT2D eigenvalue weighted by Gasteiger charge is -2.35. The summed E-state index contributed by atoms with van der Waals surface area (Å²) in [5.74, 6) is 1.55. The molecule has 1 aromatic heterocycles. The molecule has 1 aliphatic carbocycles. The van der Waals surface area contributed by atoms with Crippen LogP contribution in [0.25, 0.3) is 0 Å². The highest BCUT2D eigenvalue weighted by molar-refractivity contribution is 6.30. The molecule has 3 rings (SSSR count). The summed E-state index contributed by atoms with van der Waals surface area (Å²) < 4.78 is 5.47. The molecule has 4 nitrogen and oxygen atoms in total. The molecule has 2 unspecified atom stereocenters. The quantitative estimate of drug-likeness (QED) is 0.912. The van der Waals surface area contributed by atoms with E-state index in [1.165, 1.54) is 12.8 Å². The molecule has 0 aliphatic heterocycles. The number of rotatable bonds is 3. The predicted molar refractivity (Wildman–Crippen MR) is 89.6 cm³/mol. The topological polar surface area (TPSA) is 64.9 Å². The second kappa shape index (κ2) is 6.99. The minimum atomic E-state index is -0.248. The van der Waals surface area contributed by atoms with E-state index >= 15 is 0 Å². The number of aromatic nitrogens is 2. The lowest BCUT2D eigenvalue weighted by Crippen LogP contribution is -2.44. The molecule has 0 spiro atoms. The number of hydrogen-bond donors (Lipinski definition) is 1. The zero-order valence-corrected chi connectivity index (χ0v) is 14.2. The Balaban J connectivity index is 0.00000176. The Hall–Kier alpha value is -1.10. The van der Waals surface area contributed by atoms with Crippen LogP contribution < -0.4 is 5.73 Å². The number of benzene rings is 1. The fourth-order valence-electron chi connectivity index (χ4n) is 3.03. The van der Waals surface area contributed by atoms with Crippen molar-refractivity contribution in [3.63, 3.8) is 0 Å². The zero-order chi connectivity index (χ0) is 14.9. The molecule has 2 atom stereocenters. The van der Waals surface area contributed by atoms with Gasteiger partial charge >= 0.3 is 0 Å². The molecule has 120 valence electrons. The Bertz CT molecular complexity index is 610. The molecule has 0 saturated heterocycles. The predicted octanol–water partition coefficient (Wildman–Crippen LogP) is 4.11. The van der Waals surface area contributed by atoms with Gasteiger partial charge in [0.15, 0.2) is 5.82 Å². The molecule has 1 heterocycles. The van der Waals surface area contributed by atoms with E-state index in [4.69, 9.17) is 21.9 Å². The third kappa shape index (κ3) is 3.80. The molecule has 0 radical (unpaired) electrons. The second-order valence-corrected chi connectivity index (χ2v) is 6.59. The van der Waals surface area contributed by atoms with Crippen molar-refractivity contribution in [2.45, 2.75) is 50.5 Å². The van der Waals surface area contributed by atoms with E-state index in [1.807, 2.05) is 24.3 Å². The average Bonchev–Trinajstić information content (AvgIpc) is 2.89. The maximum absolute atomic E-state index is 6.39. The molecule has 1 saturated carbocycles. The van der Waals surface area contributed by atoms with E-state index in [-0.39, 0.29) is 23.9 Å². The molecule has 1 aliphatic rings. The summed E-state index contributed by atoms with van der Waals surface area (Å²) in [7, 11) is 0. The minimum Gasteiger partial charge on any atom is -0.339 e. The molecular formula is C16H21Cl2N3O. The van der Waals surface area contributed by atoms with Gasteiger partial charge in [-0.3, -0.25) is 0 Å². The van der Waals surface area contributed by atoms with Gasteiger partial charge in [0.05, 0.1) is 5.92 Å². The van der Waals surface area contributed by atoms with Gasteiger partial charge in [-0.1, -0.05) is 41.7 Å². The van der Waals surface area contributed by atoms with Crippen molar-refractivity contribution in [2.24, 2.45) is 5.73 Å². The first-order valence-electron chi connectivity index (χ1n) is 7.40. The normalized spacial score (nSPS) is 24.8. The van der Waals surface area contributed by atoms with Crippen LogP contribution in [0.15, 0.2) is 28.8 Å². The number of halogens is 2. The summed E-state index contributed by atoms with van der Waals surface area (Å²) in [6.45, 7) is 2.08. The SMILES string of the molecule is CC1(N)CCCCC1c1nc(Cc2ccc(Cl)cc2)no1.Cl. The summed E-state index contributed by atoms with van der Waals surface area (Å²) >= 11 is 5.89. The number of hydrogen-bond acceptors (Lipinski definition) is 4. The van der Waals surface area contributed by atoms with Crippen molar-refractivity contribution in [3.8, 4) is 0 Å². The fraction of sp³-hybridized carbons (Fsp3) is 0.500. The maximum Gasteiger partial charge on any atom is 0.231 e. The number of nitrogens with zero attached hydrogens (tertiary/aromatic N) is 2. The summed E-state index contributed by atoms with van der Waals surface area (Å²) in [5, 5.41) is 4.83. The first-order chi connectivity index (χ1) is 10.0. The Labute approximate surface area is 141 Å². The van der Waals surface area contributed by atoms with Crippen LogP contribution in [0.4, 0.5) is 0 Å². The minimum absolute atomic E-state index is 0. The molecule has 2 N–H and O–H groups in total. The third-order valence-corrected chi connectivity index (χ3v) is 4.56. The summed E-state index contributed by atoms with van der Waals surface area (Å²) in [5.41, 5.74) is 7.26. The molecule has 1 aromatic carbocycles. The van der Waals surface area contributed by atoms with Crippen LogP contribution in [-0.2, 0) is 6.42 Å². The van der Waals surface area contributed by atoms with Gasteiger partial charge in [-0.2, -0.15) is 4.98 Å². The fourth-order valence-corrected chi connectivity index (χ4v) is 3.16. The van der Waals surface area contributed by atoms with Gasteiger partial charge in [0.1, 0.15) is 0 Å². The molecular weight excluding hydrogens is 321 g/mol. The zero-order valence-electron chi connectivity index (χ0n) is 12.6. The molecule has 6 heteroatoms. The van der Waals surface area contributed by atoms with Crippen molar-refractivity contribution in [3.05, 3.63) is 46.6 Å². The molecule has 0 amide bonds. The highest BCUT2D eigenvalue weighted by atomic mass is 35.5. The molecule has 0 bridgehead atoms. The van der Waals surface area contributed by atoms with Gasteiger partial charge in [-0.25, -0.2) is 0 Å². The van der Waals surface area contributed by atoms with Gasteiger partial charge in [0.25, 0.3) is 0 Å². The average molecular weight is 342 g/mol. The van der Waals surface area contributed by atoms with Gasteiger partial charge in [-0.05, 0) is 37.5 Å². The highest BCUT2D eigenvalue weighted by Gasteiger charge is 2.37. The van der Waals surface area contributed by atoms with E-state index in [2.05, 4.69) is 17.1 Å². The Morgan fingerprint density at radius 1 is 1.32 bits per heavy atom. The lowest BCUT2D eigenvalue weighted by atomic mass is 9.74. The van der Waals surface area contributed by atoms with Crippen LogP contribution in [0.5, 0.6) is 0 Å². The summed E-state index contributed by atoms with van der Waals surface area (Å²) in [6, 6.07) is 7.70. The van der Waals surface area contributed by atoms with Crippen molar-refractivity contribution >= 4 is 24.0 Å².